The Morgan fingerprint density at radius 2 is 1.86 bits per heavy atom. The Kier molecular flexibility index (Phi) is 5.30. The van der Waals surface area contributed by atoms with Crippen molar-refractivity contribution in [3.05, 3.63) is 65.7 Å². The fourth-order valence-electron chi connectivity index (χ4n) is 3.64. The standard InChI is InChI=1S/C22H25N3O3/c1-2-17-8-10-19(11-9-17)23-21(26)27-25-14-12-22(13-15-25)16-20(24-28-22)18-6-4-3-5-7-18/h3-11H,2,12-16H2,1H3,(H,23,26). The molecule has 0 radical (unpaired) electrons. The molecule has 6 nitrogen and oxygen atoms in total. The van der Waals surface area contributed by atoms with E-state index in [0.717, 1.165) is 42.6 Å². The number of benzene rings is 2. The van der Waals surface area contributed by atoms with Gasteiger partial charge in [-0.15, -0.1) is 5.06 Å². The van der Waals surface area contributed by atoms with Gasteiger partial charge >= 0.3 is 6.09 Å². The predicted octanol–water partition coefficient (Wildman–Crippen LogP) is 4.37. The van der Waals surface area contributed by atoms with Crippen molar-refractivity contribution in [2.24, 2.45) is 5.16 Å². The van der Waals surface area contributed by atoms with E-state index in [4.69, 9.17) is 9.68 Å². The third-order valence-electron chi connectivity index (χ3n) is 5.40. The molecule has 1 spiro atoms. The molecule has 1 saturated heterocycles. The fourth-order valence-corrected chi connectivity index (χ4v) is 3.64. The first-order valence-corrected chi connectivity index (χ1v) is 9.79. The van der Waals surface area contributed by atoms with E-state index in [1.54, 1.807) is 5.06 Å². The van der Waals surface area contributed by atoms with Gasteiger partial charge in [0.25, 0.3) is 0 Å². The molecule has 1 N–H and O–H groups in total. The topological polar surface area (TPSA) is 63.2 Å². The average molecular weight is 379 g/mol. The molecule has 6 heteroatoms. The molecule has 2 aromatic carbocycles. The number of piperidine rings is 1. The van der Waals surface area contributed by atoms with Crippen molar-refractivity contribution in [3.8, 4) is 0 Å². The molecule has 28 heavy (non-hydrogen) atoms. The molecule has 1 fully saturated rings. The summed E-state index contributed by atoms with van der Waals surface area (Å²) in [6, 6.07) is 17.9. The van der Waals surface area contributed by atoms with Crippen LogP contribution in [0.25, 0.3) is 0 Å². The monoisotopic (exact) mass is 379 g/mol. The lowest BCUT2D eigenvalue weighted by atomic mass is 9.86. The highest BCUT2D eigenvalue weighted by Gasteiger charge is 2.43. The van der Waals surface area contributed by atoms with Gasteiger partial charge in [-0.25, -0.2) is 4.79 Å². The number of hydrogen-bond acceptors (Lipinski definition) is 5. The molecule has 0 saturated carbocycles. The highest BCUT2D eigenvalue weighted by Crippen LogP contribution is 2.36. The van der Waals surface area contributed by atoms with E-state index >= 15 is 0 Å². The lowest BCUT2D eigenvalue weighted by Crippen LogP contribution is -2.45. The molecule has 0 atom stereocenters. The van der Waals surface area contributed by atoms with Gasteiger partial charge < -0.3 is 9.68 Å². The third kappa shape index (κ3) is 4.17. The van der Waals surface area contributed by atoms with Gasteiger partial charge in [0.2, 0.25) is 0 Å². The van der Waals surface area contributed by atoms with Crippen LogP contribution < -0.4 is 5.32 Å². The van der Waals surface area contributed by atoms with Crippen LogP contribution in [0.3, 0.4) is 0 Å². The van der Waals surface area contributed by atoms with Crippen molar-refractivity contribution in [2.75, 3.05) is 18.4 Å². The van der Waals surface area contributed by atoms with Gasteiger partial charge in [0, 0.05) is 38.0 Å². The van der Waals surface area contributed by atoms with E-state index in [2.05, 4.69) is 29.5 Å². The van der Waals surface area contributed by atoms with Gasteiger partial charge in [-0.1, -0.05) is 54.5 Å². The average Bonchev–Trinajstić information content (AvgIpc) is 3.15. The van der Waals surface area contributed by atoms with Gasteiger partial charge in [0.1, 0.15) is 5.60 Å². The highest BCUT2D eigenvalue weighted by atomic mass is 16.7. The summed E-state index contributed by atoms with van der Waals surface area (Å²) in [6.07, 6.45) is 2.84. The minimum absolute atomic E-state index is 0.280. The van der Waals surface area contributed by atoms with Crippen LogP contribution in [0.5, 0.6) is 0 Å². The van der Waals surface area contributed by atoms with Crippen LogP contribution in [0, 0.1) is 0 Å². The molecule has 0 aromatic heterocycles. The van der Waals surface area contributed by atoms with E-state index in [1.165, 1.54) is 5.56 Å². The zero-order valence-corrected chi connectivity index (χ0v) is 16.1. The summed E-state index contributed by atoms with van der Waals surface area (Å²) < 4.78 is 0. The van der Waals surface area contributed by atoms with Gasteiger partial charge in [-0.3, -0.25) is 5.32 Å². The van der Waals surface area contributed by atoms with Crippen LogP contribution in [0.1, 0.15) is 37.3 Å². The van der Waals surface area contributed by atoms with E-state index in [1.807, 2.05) is 42.5 Å². The van der Waals surface area contributed by atoms with Crippen LogP contribution in [0.4, 0.5) is 10.5 Å². The van der Waals surface area contributed by atoms with Gasteiger partial charge in [-0.05, 0) is 29.7 Å². The van der Waals surface area contributed by atoms with Crippen LogP contribution in [-0.4, -0.2) is 35.6 Å². The number of carbonyl (C=O) groups excluding carboxylic acids is 1. The van der Waals surface area contributed by atoms with Gasteiger partial charge in [-0.2, -0.15) is 0 Å². The maximum atomic E-state index is 12.2. The van der Waals surface area contributed by atoms with Crippen molar-refractivity contribution >= 4 is 17.5 Å². The Morgan fingerprint density at radius 3 is 2.54 bits per heavy atom. The van der Waals surface area contributed by atoms with Crippen molar-refractivity contribution in [2.45, 2.75) is 38.2 Å². The van der Waals surface area contributed by atoms with Gasteiger partial charge in [0.15, 0.2) is 0 Å². The molecule has 0 aliphatic carbocycles. The molecule has 2 aromatic rings. The van der Waals surface area contributed by atoms with Crippen molar-refractivity contribution < 1.29 is 14.5 Å². The second-order valence-corrected chi connectivity index (χ2v) is 7.34. The molecule has 2 aliphatic rings. The summed E-state index contributed by atoms with van der Waals surface area (Å²) in [5.74, 6) is 0. The maximum Gasteiger partial charge on any atom is 0.430 e. The lowest BCUT2D eigenvalue weighted by Gasteiger charge is -2.35. The number of oxime groups is 1. The summed E-state index contributed by atoms with van der Waals surface area (Å²) in [5.41, 5.74) is 3.77. The predicted molar refractivity (Wildman–Crippen MR) is 108 cm³/mol. The summed E-state index contributed by atoms with van der Waals surface area (Å²) in [6.45, 7) is 3.35. The molecular weight excluding hydrogens is 354 g/mol. The van der Waals surface area contributed by atoms with E-state index < -0.39 is 6.09 Å². The summed E-state index contributed by atoms with van der Waals surface area (Å²) in [7, 11) is 0. The molecule has 0 bridgehead atoms. The molecule has 1 amide bonds. The summed E-state index contributed by atoms with van der Waals surface area (Å²) >= 11 is 0. The molecular formula is C22H25N3O3. The third-order valence-corrected chi connectivity index (χ3v) is 5.40. The zero-order chi connectivity index (χ0) is 19.4. The molecule has 2 heterocycles. The van der Waals surface area contributed by atoms with Crippen LogP contribution in [0.2, 0.25) is 0 Å². The number of hydroxylamine groups is 2. The van der Waals surface area contributed by atoms with Crippen molar-refractivity contribution in [3.63, 3.8) is 0 Å². The lowest BCUT2D eigenvalue weighted by molar-refractivity contribution is -0.154. The summed E-state index contributed by atoms with van der Waals surface area (Å²) in [5, 5.41) is 8.79. The second-order valence-electron chi connectivity index (χ2n) is 7.34. The fraction of sp³-hybridized carbons (Fsp3) is 0.364. The molecule has 146 valence electrons. The second kappa shape index (κ2) is 8.02. The number of hydrogen-bond donors (Lipinski definition) is 1. The number of nitrogens with zero attached hydrogens (tertiary/aromatic N) is 2. The number of nitrogens with one attached hydrogen (secondary N) is 1. The number of rotatable bonds is 4. The Bertz CT molecular complexity index is 841. The Balaban J connectivity index is 1.26. The normalized spacial score (nSPS) is 18.4. The first-order valence-electron chi connectivity index (χ1n) is 9.79. The van der Waals surface area contributed by atoms with Crippen LogP contribution >= 0.6 is 0 Å². The Morgan fingerprint density at radius 1 is 1.14 bits per heavy atom. The number of carbonyl (C=O) groups is 1. The minimum atomic E-state index is -0.464. The van der Waals surface area contributed by atoms with E-state index in [0.29, 0.717) is 13.1 Å². The first kappa shape index (κ1) is 18.5. The molecule has 0 unspecified atom stereocenters. The Hall–Kier alpha value is -2.86. The van der Waals surface area contributed by atoms with Crippen LogP contribution in [-0.2, 0) is 16.1 Å². The Labute approximate surface area is 165 Å². The zero-order valence-electron chi connectivity index (χ0n) is 16.1. The van der Waals surface area contributed by atoms with Crippen molar-refractivity contribution in [1.82, 2.24) is 5.06 Å². The highest BCUT2D eigenvalue weighted by molar-refractivity contribution is 6.01. The minimum Gasteiger partial charge on any atom is -0.388 e. The number of anilines is 1. The molecule has 4 rings (SSSR count). The smallest absolute Gasteiger partial charge is 0.388 e. The van der Waals surface area contributed by atoms with E-state index in [9.17, 15) is 4.79 Å². The van der Waals surface area contributed by atoms with Crippen molar-refractivity contribution in [1.29, 1.82) is 0 Å². The largest absolute Gasteiger partial charge is 0.430 e. The molecule has 2 aliphatic heterocycles. The first-order chi connectivity index (χ1) is 13.7. The van der Waals surface area contributed by atoms with Gasteiger partial charge in [0.05, 0.1) is 5.71 Å². The van der Waals surface area contributed by atoms with E-state index in [-0.39, 0.29) is 5.60 Å². The maximum absolute atomic E-state index is 12.2. The quantitative estimate of drug-likeness (QED) is 0.857. The van der Waals surface area contributed by atoms with Crippen LogP contribution in [0.15, 0.2) is 59.8 Å². The number of amides is 1. The SMILES string of the molecule is CCc1ccc(NC(=O)ON2CCC3(CC2)CC(c2ccccc2)=NO3)cc1. The summed E-state index contributed by atoms with van der Waals surface area (Å²) in [4.78, 5) is 23.4. The number of aryl methyl sites for hydroxylation is 1.